The van der Waals surface area contributed by atoms with Crippen molar-refractivity contribution in [2.75, 3.05) is 26.2 Å². The quantitative estimate of drug-likeness (QED) is 0.0985. The van der Waals surface area contributed by atoms with Crippen LogP contribution in [0.2, 0.25) is 0 Å². The van der Waals surface area contributed by atoms with Crippen molar-refractivity contribution in [1.82, 2.24) is 15.2 Å². The maximum Gasteiger partial charge on any atom is 0.251 e. The molecule has 0 aromatic carbocycles. The highest BCUT2D eigenvalue weighted by Gasteiger charge is 2.07. The van der Waals surface area contributed by atoms with E-state index in [4.69, 9.17) is 0 Å². The number of hydrogen-bond donors (Lipinski definition) is 2. The normalized spacial score (nSPS) is 11.6. The van der Waals surface area contributed by atoms with Gasteiger partial charge in [0.1, 0.15) is 0 Å². The Morgan fingerprint density at radius 3 is 1.59 bits per heavy atom. The number of rotatable bonds is 29. The van der Waals surface area contributed by atoms with Crippen molar-refractivity contribution in [3.05, 3.63) is 33.7 Å². The van der Waals surface area contributed by atoms with Gasteiger partial charge in [-0.25, -0.2) is 0 Å². The molecule has 0 saturated heterocycles. The predicted molar refractivity (Wildman–Crippen MR) is 173 cm³/mol. The zero-order chi connectivity index (χ0) is 28.2. The third-order valence-corrected chi connectivity index (χ3v) is 8.25. The van der Waals surface area contributed by atoms with E-state index in [0.717, 1.165) is 50.4 Å². The number of aromatic nitrogens is 1. The topological polar surface area (TPSA) is 48.1 Å². The van der Waals surface area contributed by atoms with Crippen molar-refractivity contribution in [3.63, 3.8) is 0 Å². The third-order valence-electron chi connectivity index (χ3n) is 8.25. The van der Waals surface area contributed by atoms with E-state index in [1.54, 1.807) is 0 Å². The first-order valence-electron chi connectivity index (χ1n) is 17.3. The number of nitrogens with zero attached hydrogens (tertiary/aromatic N) is 1. The van der Waals surface area contributed by atoms with Crippen LogP contribution in [-0.2, 0) is 13.0 Å². The number of hydrogen-bond acceptors (Lipinski definition) is 3. The molecule has 1 rings (SSSR count). The first kappa shape index (κ1) is 35.9. The maximum absolute atomic E-state index is 12.6. The first-order chi connectivity index (χ1) is 19.2. The van der Waals surface area contributed by atoms with Crippen molar-refractivity contribution >= 4 is 0 Å². The van der Waals surface area contributed by atoms with E-state index in [-0.39, 0.29) is 5.56 Å². The molecule has 0 aliphatic heterocycles. The molecule has 0 atom stereocenters. The summed E-state index contributed by atoms with van der Waals surface area (Å²) >= 11 is 0. The highest BCUT2D eigenvalue weighted by atomic mass is 16.1. The molecule has 4 heteroatoms. The maximum atomic E-state index is 12.6. The minimum Gasteiger partial charge on any atom is -0.325 e. The molecule has 2 N–H and O–H groups in total. The lowest BCUT2D eigenvalue weighted by Gasteiger charge is -2.20. The van der Waals surface area contributed by atoms with Crippen LogP contribution in [0, 0.1) is 0 Å². The summed E-state index contributed by atoms with van der Waals surface area (Å²) in [5.41, 5.74) is 2.05. The summed E-state index contributed by atoms with van der Waals surface area (Å²) in [5.74, 6) is 0. The molecule has 0 unspecified atom stereocenters. The van der Waals surface area contributed by atoms with E-state index in [1.807, 2.05) is 6.07 Å². The molecule has 1 heterocycles. The number of H-pyrrole nitrogens is 1. The van der Waals surface area contributed by atoms with Crippen LogP contribution in [0.25, 0.3) is 0 Å². The minimum atomic E-state index is 0.0963. The molecule has 0 saturated carbocycles. The summed E-state index contributed by atoms with van der Waals surface area (Å²) in [6.07, 6.45) is 29.7. The van der Waals surface area contributed by atoms with Crippen LogP contribution in [0.1, 0.15) is 167 Å². The Labute approximate surface area is 243 Å². The summed E-state index contributed by atoms with van der Waals surface area (Å²) in [6.45, 7) is 11.8. The number of unbranched alkanes of at least 4 members (excludes halogenated alkanes) is 19. The standard InChI is InChI=1S/C35H67N3O/c1-4-7-9-11-13-15-17-18-20-22-24-29-36-30-28-33-26-27-34(37-35(33)39)32-38(6-3)31-25-23-21-19-16-14-12-10-8-5-2/h26-27,36H,4-25,28-32H2,1-3H3,(H,37,39). The second-order valence-electron chi connectivity index (χ2n) is 11.9. The molecule has 0 aliphatic carbocycles. The van der Waals surface area contributed by atoms with Crippen molar-refractivity contribution < 1.29 is 0 Å². The molecule has 0 radical (unpaired) electrons. The Balaban J connectivity index is 2.07. The van der Waals surface area contributed by atoms with E-state index in [1.165, 1.54) is 135 Å². The van der Waals surface area contributed by atoms with Gasteiger partial charge < -0.3 is 10.3 Å². The second kappa shape index (κ2) is 27.1. The Hall–Kier alpha value is -1.13. The zero-order valence-corrected chi connectivity index (χ0v) is 26.6. The van der Waals surface area contributed by atoms with Crippen LogP contribution < -0.4 is 10.9 Å². The first-order valence-corrected chi connectivity index (χ1v) is 17.3. The Morgan fingerprint density at radius 2 is 1.10 bits per heavy atom. The molecule has 39 heavy (non-hydrogen) atoms. The highest BCUT2D eigenvalue weighted by molar-refractivity contribution is 5.15. The second-order valence-corrected chi connectivity index (χ2v) is 11.9. The van der Waals surface area contributed by atoms with Gasteiger partial charge in [-0.3, -0.25) is 9.69 Å². The summed E-state index contributed by atoms with van der Waals surface area (Å²) < 4.78 is 0. The van der Waals surface area contributed by atoms with Gasteiger partial charge in [-0.1, -0.05) is 149 Å². The molecule has 0 bridgehead atoms. The van der Waals surface area contributed by atoms with E-state index >= 15 is 0 Å². The van der Waals surface area contributed by atoms with Crippen molar-refractivity contribution in [3.8, 4) is 0 Å². The Bertz CT molecular complexity index is 701. The lowest BCUT2D eigenvalue weighted by molar-refractivity contribution is 0.269. The van der Waals surface area contributed by atoms with Gasteiger partial charge in [0.15, 0.2) is 0 Å². The lowest BCUT2D eigenvalue weighted by atomic mass is 10.1. The van der Waals surface area contributed by atoms with Crippen LogP contribution in [0.4, 0.5) is 0 Å². The van der Waals surface area contributed by atoms with Crippen molar-refractivity contribution in [1.29, 1.82) is 0 Å². The molecule has 0 fully saturated rings. The molecule has 0 aliphatic rings. The predicted octanol–water partition coefficient (Wildman–Crippen LogP) is 9.56. The highest BCUT2D eigenvalue weighted by Crippen LogP contribution is 2.12. The molecule has 228 valence electrons. The minimum absolute atomic E-state index is 0.0963. The average molecular weight is 546 g/mol. The fourth-order valence-electron chi connectivity index (χ4n) is 5.51. The van der Waals surface area contributed by atoms with Crippen LogP contribution in [-0.4, -0.2) is 36.1 Å². The van der Waals surface area contributed by atoms with Gasteiger partial charge in [0, 0.05) is 17.8 Å². The fraction of sp³-hybridized carbons (Fsp3) is 0.857. The summed E-state index contributed by atoms with van der Waals surface area (Å²) in [7, 11) is 0. The Kier molecular flexibility index (Phi) is 24.9. The SMILES string of the molecule is CCCCCCCCCCCCCNCCc1ccc(CN(CC)CCCCCCCCCCCC)[nH]c1=O. The molecule has 0 amide bonds. The van der Waals surface area contributed by atoms with Gasteiger partial charge in [0.2, 0.25) is 0 Å². The number of nitrogens with one attached hydrogen (secondary N) is 2. The smallest absolute Gasteiger partial charge is 0.251 e. The van der Waals surface area contributed by atoms with Gasteiger partial charge in [0.05, 0.1) is 0 Å². The fourth-order valence-corrected chi connectivity index (χ4v) is 5.51. The van der Waals surface area contributed by atoms with Crippen molar-refractivity contribution in [2.24, 2.45) is 0 Å². The third kappa shape index (κ3) is 21.3. The summed E-state index contributed by atoms with van der Waals surface area (Å²) in [5, 5.41) is 3.54. The van der Waals surface area contributed by atoms with Gasteiger partial charge in [0.25, 0.3) is 5.56 Å². The molecule has 1 aromatic heterocycles. The van der Waals surface area contributed by atoms with Gasteiger partial charge in [-0.05, 0) is 51.5 Å². The summed E-state index contributed by atoms with van der Waals surface area (Å²) in [4.78, 5) is 18.2. The monoisotopic (exact) mass is 546 g/mol. The zero-order valence-electron chi connectivity index (χ0n) is 26.6. The molecule has 0 spiro atoms. The number of aromatic amines is 1. The molecular formula is C35H67N3O. The van der Waals surface area contributed by atoms with E-state index < -0.39 is 0 Å². The molecule has 4 nitrogen and oxygen atoms in total. The van der Waals surface area contributed by atoms with Crippen molar-refractivity contribution in [2.45, 2.75) is 169 Å². The van der Waals surface area contributed by atoms with E-state index in [9.17, 15) is 4.79 Å². The van der Waals surface area contributed by atoms with Crippen LogP contribution >= 0.6 is 0 Å². The van der Waals surface area contributed by atoms with E-state index in [2.05, 4.69) is 42.0 Å². The van der Waals surface area contributed by atoms with Gasteiger partial charge in [-0.2, -0.15) is 0 Å². The lowest BCUT2D eigenvalue weighted by Crippen LogP contribution is -2.27. The number of pyridine rings is 1. The molecular weight excluding hydrogens is 478 g/mol. The van der Waals surface area contributed by atoms with E-state index in [0.29, 0.717) is 0 Å². The average Bonchev–Trinajstić information content (AvgIpc) is 2.94. The molecule has 1 aromatic rings. The van der Waals surface area contributed by atoms with Crippen LogP contribution in [0.3, 0.4) is 0 Å². The Morgan fingerprint density at radius 1 is 0.615 bits per heavy atom. The van der Waals surface area contributed by atoms with Crippen LogP contribution in [0.15, 0.2) is 16.9 Å². The van der Waals surface area contributed by atoms with Gasteiger partial charge in [-0.15, -0.1) is 0 Å². The van der Waals surface area contributed by atoms with Crippen LogP contribution in [0.5, 0.6) is 0 Å². The van der Waals surface area contributed by atoms with Gasteiger partial charge >= 0.3 is 0 Å². The summed E-state index contributed by atoms with van der Waals surface area (Å²) in [6, 6.07) is 4.17. The largest absolute Gasteiger partial charge is 0.325 e.